The van der Waals surface area contributed by atoms with Gasteiger partial charge in [-0.2, -0.15) is 0 Å². The van der Waals surface area contributed by atoms with Gasteiger partial charge in [0.15, 0.2) is 0 Å². The lowest BCUT2D eigenvalue weighted by atomic mass is 10.00. The fraction of sp³-hybridized carbons (Fsp3) is 0. The molecule has 0 saturated carbocycles. The normalized spacial score (nSPS) is 9.53. The summed E-state index contributed by atoms with van der Waals surface area (Å²) in [6.07, 6.45) is 5.41. The molecular formula is C14H10O. The van der Waals surface area contributed by atoms with Crippen LogP contribution in [0.3, 0.4) is 0 Å². The second kappa shape index (κ2) is 3.89. The number of benzene rings is 2. The summed E-state index contributed by atoms with van der Waals surface area (Å²) in [5.74, 6) is 2.84. The predicted octanol–water partition coefficient (Wildman–Crippen LogP) is 3.04. The summed E-state index contributed by atoms with van der Waals surface area (Å²) in [6, 6.07) is 14.8. The lowest BCUT2D eigenvalue weighted by Crippen LogP contribution is -1.83. The Hall–Kier alpha value is -2.20. The van der Waals surface area contributed by atoms with E-state index in [0.29, 0.717) is 0 Å². The summed E-state index contributed by atoms with van der Waals surface area (Å²) in [5, 5.41) is 9.43. The van der Waals surface area contributed by atoms with Gasteiger partial charge in [0.05, 0.1) is 0 Å². The van der Waals surface area contributed by atoms with Gasteiger partial charge in [0, 0.05) is 11.1 Å². The minimum absolute atomic E-state index is 0.229. The van der Waals surface area contributed by atoms with Crippen LogP contribution >= 0.6 is 0 Å². The van der Waals surface area contributed by atoms with E-state index in [2.05, 4.69) is 5.92 Å². The molecule has 0 unspecified atom stereocenters. The van der Waals surface area contributed by atoms with Crippen LogP contribution in [0.25, 0.3) is 11.1 Å². The first kappa shape index (κ1) is 9.36. The average molecular weight is 194 g/mol. The highest BCUT2D eigenvalue weighted by Gasteiger charge is 2.03. The number of phenols is 1. The van der Waals surface area contributed by atoms with Gasteiger partial charge in [0.25, 0.3) is 0 Å². The summed E-state index contributed by atoms with van der Waals surface area (Å²) < 4.78 is 0. The van der Waals surface area contributed by atoms with Gasteiger partial charge in [0.2, 0.25) is 0 Å². The van der Waals surface area contributed by atoms with Gasteiger partial charge in [-0.15, -0.1) is 6.42 Å². The van der Waals surface area contributed by atoms with Crippen LogP contribution in [0.5, 0.6) is 5.75 Å². The van der Waals surface area contributed by atoms with Crippen molar-refractivity contribution in [1.29, 1.82) is 0 Å². The van der Waals surface area contributed by atoms with Crippen molar-refractivity contribution in [3.8, 4) is 29.2 Å². The van der Waals surface area contributed by atoms with Crippen LogP contribution in [-0.4, -0.2) is 5.11 Å². The Morgan fingerprint density at radius 3 is 2.40 bits per heavy atom. The SMILES string of the molecule is C#Cc1ccc(O)cc1-c1ccccc1. The molecule has 1 N–H and O–H groups in total. The number of aromatic hydroxyl groups is 1. The van der Waals surface area contributed by atoms with Crippen LogP contribution in [0.2, 0.25) is 0 Å². The van der Waals surface area contributed by atoms with Gasteiger partial charge in [-0.05, 0) is 23.8 Å². The molecule has 0 heterocycles. The third-order valence-corrected chi connectivity index (χ3v) is 2.24. The monoisotopic (exact) mass is 194 g/mol. The molecule has 0 spiro atoms. The first-order valence-electron chi connectivity index (χ1n) is 4.66. The smallest absolute Gasteiger partial charge is 0.116 e. The van der Waals surface area contributed by atoms with Gasteiger partial charge in [0.1, 0.15) is 5.75 Å². The van der Waals surface area contributed by atoms with Crippen molar-refractivity contribution in [2.45, 2.75) is 0 Å². The first-order chi connectivity index (χ1) is 7.31. The van der Waals surface area contributed by atoms with Gasteiger partial charge in [-0.25, -0.2) is 0 Å². The number of hydrogen-bond acceptors (Lipinski definition) is 1. The minimum atomic E-state index is 0.229. The molecule has 2 aromatic carbocycles. The summed E-state index contributed by atoms with van der Waals surface area (Å²) in [7, 11) is 0. The summed E-state index contributed by atoms with van der Waals surface area (Å²) in [4.78, 5) is 0. The second-order valence-corrected chi connectivity index (χ2v) is 3.24. The van der Waals surface area contributed by atoms with Crippen molar-refractivity contribution < 1.29 is 5.11 Å². The fourth-order valence-electron chi connectivity index (χ4n) is 1.51. The number of hydrogen-bond donors (Lipinski definition) is 1. The van der Waals surface area contributed by atoms with E-state index in [0.717, 1.165) is 16.7 Å². The van der Waals surface area contributed by atoms with Crippen molar-refractivity contribution in [3.63, 3.8) is 0 Å². The minimum Gasteiger partial charge on any atom is -0.508 e. The molecular weight excluding hydrogens is 184 g/mol. The lowest BCUT2D eigenvalue weighted by molar-refractivity contribution is 0.475. The largest absolute Gasteiger partial charge is 0.508 e. The van der Waals surface area contributed by atoms with E-state index in [1.807, 2.05) is 30.3 Å². The molecule has 2 rings (SSSR count). The molecule has 15 heavy (non-hydrogen) atoms. The van der Waals surface area contributed by atoms with Gasteiger partial charge >= 0.3 is 0 Å². The molecule has 1 heteroatoms. The molecule has 0 amide bonds. The van der Waals surface area contributed by atoms with Crippen molar-refractivity contribution >= 4 is 0 Å². The van der Waals surface area contributed by atoms with Crippen LogP contribution in [0.4, 0.5) is 0 Å². The molecule has 0 saturated heterocycles. The van der Waals surface area contributed by atoms with Crippen molar-refractivity contribution in [2.24, 2.45) is 0 Å². The van der Waals surface area contributed by atoms with Crippen LogP contribution in [0.1, 0.15) is 5.56 Å². The zero-order valence-corrected chi connectivity index (χ0v) is 8.14. The maximum absolute atomic E-state index is 9.43. The third-order valence-electron chi connectivity index (χ3n) is 2.24. The molecule has 0 radical (unpaired) electrons. The zero-order chi connectivity index (χ0) is 10.7. The number of phenolic OH excluding ortho intramolecular Hbond substituents is 1. The van der Waals surface area contributed by atoms with Crippen LogP contribution < -0.4 is 0 Å². The van der Waals surface area contributed by atoms with Crippen molar-refractivity contribution in [3.05, 3.63) is 54.1 Å². The highest BCUT2D eigenvalue weighted by Crippen LogP contribution is 2.26. The van der Waals surface area contributed by atoms with Crippen LogP contribution in [0.15, 0.2) is 48.5 Å². The van der Waals surface area contributed by atoms with Gasteiger partial charge < -0.3 is 5.11 Å². The Balaban J connectivity index is 2.62. The summed E-state index contributed by atoms with van der Waals surface area (Å²) in [5.41, 5.74) is 2.69. The average Bonchev–Trinajstić information content (AvgIpc) is 2.30. The predicted molar refractivity (Wildman–Crippen MR) is 61.5 cm³/mol. The maximum Gasteiger partial charge on any atom is 0.116 e. The molecule has 0 bridgehead atoms. The molecule has 0 aliphatic carbocycles. The Morgan fingerprint density at radius 1 is 1.00 bits per heavy atom. The third kappa shape index (κ3) is 1.84. The summed E-state index contributed by atoms with van der Waals surface area (Å²) in [6.45, 7) is 0. The van der Waals surface area contributed by atoms with E-state index in [-0.39, 0.29) is 5.75 Å². The molecule has 0 aliphatic heterocycles. The van der Waals surface area contributed by atoms with Gasteiger partial charge in [-0.1, -0.05) is 36.3 Å². The van der Waals surface area contributed by atoms with E-state index in [1.54, 1.807) is 18.2 Å². The highest BCUT2D eigenvalue weighted by atomic mass is 16.3. The molecule has 2 aromatic rings. The highest BCUT2D eigenvalue weighted by molar-refractivity contribution is 5.72. The molecule has 72 valence electrons. The number of terminal acetylenes is 1. The Bertz CT molecular complexity index is 507. The second-order valence-electron chi connectivity index (χ2n) is 3.24. The van der Waals surface area contributed by atoms with E-state index in [9.17, 15) is 5.11 Å². The van der Waals surface area contributed by atoms with Gasteiger partial charge in [-0.3, -0.25) is 0 Å². The molecule has 0 aliphatic rings. The Kier molecular flexibility index (Phi) is 2.43. The fourth-order valence-corrected chi connectivity index (χ4v) is 1.51. The molecule has 0 atom stereocenters. The van der Waals surface area contributed by atoms with E-state index in [4.69, 9.17) is 6.42 Å². The van der Waals surface area contributed by atoms with E-state index < -0.39 is 0 Å². The zero-order valence-electron chi connectivity index (χ0n) is 8.14. The maximum atomic E-state index is 9.43. The Morgan fingerprint density at radius 2 is 1.73 bits per heavy atom. The lowest BCUT2D eigenvalue weighted by Gasteiger charge is -2.05. The quantitative estimate of drug-likeness (QED) is 0.692. The van der Waals surface area contributed by atoms with Crippen molar-refractivity contribution in [2.75, 3.05) is 0 Å². The first-order valence-corrected chi connectivity index (χ1v) is 4.66. The summed E-state index contributed by atoms with van der Waals surface area (Å²) >= 11 is 0. The van der Waals surface area contributed by atoms with Crippen LogP contribution in [0, 0.1) is 12.3 Å². The number of rotatable bonds is 1. The van der Waals surface area contributed by atoms with E-state index in [1.165, 1.54) is 0 Å². The standard InChI is InChI=1S/C14H10O/c1-2-11-8-9-13(15)10-14(11)12-6-4-3-5-7-12/h1,3-10,15H. The molecule has 0 fully saturated rings. The topological polar surface area (TPSA) is 20.2 Å². The van der Waals surface area contributed by atoms with Crippen LogP contribution in [-0.2, 0) is 0 Å². The molecule has 1 nitrogen and oxygen atoms in total. The van der Waals surface area contributed by atoms with Crippen molar-refractivity contribution in [1.82, 2.24) is 0 Å². The van der Waals surface area contributed by atoms with E-state index >= 15 is 0 Å². The Labute approximate surface area is 89.0 Å². The molecule has 0 aromatic heterocycles.